The van der Waals surface area contributed by atoms with Crippen molar-refractivity contribution in [2.75, 3.05) is 11.9 Å². The minimum atomic E-state index is -0.132. The van der Waals surface area contributed by atoms with Crippen LogP contribution < -0.4 is 10.9 Å². The Morgan fingerprint density at radius 2 is 2.24 bits per heavy atom. The van der Waals surface area contributed by atoms with Gasteiger partial charge < -0.3 is 15.0 Å². The van der Waals surface area contributed by atoms with Gasteiger partial charge in [-0.15, -0.1) is 0 Å². The number of hydrogen-bond acceptors (Lipinski definition) is 5. The summed E-state index contributed by atoms with van der Waals surface area (Å²) in [5.41, 5.74) is 1.58. The Morgan fingerprint density at radius 3 is 2.96 bits per heavy atom. The number of pyridine rings is 1. The number of H-pyrrole nitrogens is 1. The minimum Gasteiger partial charge on any atom is -0.377 e. The second-order valence-electron chi connectivity index (χ2n) is 7.56. The molecule has 132 valence electrons. The normalized spacial score (nSPS) is 26.8. The zero-order valence-corrected chi connectivity index (χ0v) is 14.9. The Labute approximate surface area is 147 Å². The molecule has 2 aliphatic rings. The number of anilines is 1. The van der Waals surface area contributed by atoms with E-state index < -0.39 is 0 Å². The van der Waals surface area contributed by atoms with Crippen molar-refractivity contribution in [3.63, 3.8) is 0 Å². The molecule has 0 aromatic carbocycles. The number of hydrogen-bond donors (Lipinski definition) is 2. The number of aryl methyl sites for hydroxylation is 1. The molecule has 0 bridgehead atoms. The number of aromatic amines is 1. The molecular weight excluding hydrogens is 316 g/mol. The predicted octanol–water partition coefficient (Wildman–Crippen LogP) is 2.62. The lowest BCUT2D eigenvalue weighted by Crippen LogP contribution is -2.63. The van der Waals surface area contributed by atoms with Gasteiger partial charge in [0.2, 0.25) is 0 Å². The Bertz CT molecular complexity index is 828. The first-order chi connectivity index (χ1) is 12.0. The molecule has 4 rings (SSSR count). The van der Waals surface area contributed by atoms with Gasteiger partial charge in [0.05, 0.1) is 6.10 Å². The van der Waals surface area contributed by atoms with Crippen LogP contribution in [0.15, 0.2) is 29.2 Å². The summed E-state index contributed by atoms with van der Waals surface area (Å²) in [6.07, 6.45) is 3.95. The van der Waals surface area contributed by atoms with Crippen LogP contribution >= 0.6 is 0 Å². The van der Waals surface area contributed by atoms with Crippen LogP contribution in [0.2, 0.25) is 0 Å². The average molecular weight is 340 g/mol. The first-order valence-corrected chi connectivity index (χ1v) is 8.94. The van der Waals surface area contributed by atoms with E-state index in [1.807, 2.05) is 19.1 Å². The van der Waals surface area contributed by atoms with Gasteiger partial charge in [0.15, 0.2) is 0 Å². The zero-order valence-electron chi connectivity index (χ0n) is 14.9. The van der Waals surface area contributed by atoms with E-state index >= 15 is 0 Å². The number of aromatic nitrogens is 3. The summed E-state index contributed by atoms with van der Waals surface area (Å²) in [6, 6.07) is 5.81. The molecule has 1 saturated carbocycles. The van der Waals surface area contributed by atoms with Gasteiger partial charge >= 0.3 is 0 Å². The van der Waals surface area contributed by atoms with Gasteiger partial charge in [-0.3, -0.25) is 4.79 Å². The van der Waals surface area contributed by atoms with Gasteiger partial charge in [0.1, 0.15) is 11.6 Å². The molecule has 0 radical (unpaired) electrons. The van der Waals surface area contributed by atoms with E-state index in [1.54, 1.807) is 6.20 Å². The molecule has 0 unspecified atom stereocenters. The van der Waals surface area contributed by atoms with Crippen LogP contribution in [-0.4, -0.2) is 33.7 Å². The molecular formula is C19H24N4O2. The average Bonchev–Trinajstić information content (AvgIpc) is 3.07. The SMILES string of the molecule is CCc1cc(=O)[nH]c(-c2ccc(N[C@@H]3[C@@H]4CCO[C@H]4C3(C)C)nc2)n1. The summed E-state index contributed by atoms with van der Waals surface area (Å²) < 4.78 is 5.84. The Morgan fingerprint density at radius 1 is 1.40 bits per heavy atom. The number of nitrogens with one attached hydrogen (secondary N) is 2. The Hall–Kier alpha value is -2.21. The minimum absolute atomic E-state index is 0.115. The second kappa shape index (κ2) is 5.95. The van der Waals surface area contributed by atoms with Crippen LogP contribution in [-0.2, 0) is 11.2 Å². The van der Waals surface area contributed by atoms with Crippen molar-refractivity contribution in [2.24, 2.45) is 11.3 Å². The number of fused-ring (bicyclic) bond motifs is 1. The van der Waals surface area contributed by atoms with E-state index in [9.17, 15) is 4.79 Å². The van der Waals surface area contributed by atoms with Crippen molar-refractivity contribution in [3.8, 4) is 11.4 Å². The zero-order chi connectivity index (χ0) is 17.6. The number of rotatable bonds is 4. The van der Waals surface area contributed by atoms with Crippen molar-refractivity contribution in [3.05, 3.63) is 40.4 Å². The quantitative estimate of drug-likeness (QED) is 0.894. The fraction of sp³-hybridized carbons (Fsp3) is 0.526. The lowest BCUT2D eigenvalue weighted by molar-refractivity contribution is -0.0924. The molecule has 1 aliphatic carbocycles. The maximum atomic E-state index is 11.7. The molecule has 0 amide bonds. The maximum absolute atomic E-state index is 11.7. The lowest BCUT2D eigenvalue weighted by Gasteiger charge is -2.54. The molecule has 2 aromatic rings. The molecule has 2 aromatic heterocycles. The van der Waals surface area contributed by atoms with E-state index in [4.69, 9.17) is 4.74 Å². The third-order valence-corrected chi connectivity index (χ3v) is 5.60. The largest absolute Gasteiger partial charge is 0.377 e. The van der Waals surface area contributed by atoms with Crippen LogP contribution in [0, 0.1) is 11.3 Å². The Balaban J connectivity index is 1.53. The molecule has 6 heteroatoms. The van der Waals surface area contributed by atoms with Crippen molar-refractivity contribution in [2.45, 2.75) is 45.8 Å². The smallest absolute Gasteiger partial charge is 0.251 e. The van der Waals surface area contributed by atoms with Crippen LogP contribution in [0.5, 0.6) is 0 Å². The summed E-state index contributed by atoms with van der Waals surface area (Å²) in [5.74, 6) is 1.98. The summed E-state index contributed by atoms with van der Waals surface area (Å²) in [7, 11) is 0. The van der Waals surface area contributed by atoms with Crippen molar-refractivity contribution in [1.29, 1.82) is 0 Å². The van der Waals surface area contributed by atoms with Crippen molar-refractivity contribution >= 4 is 5.82 Å². The summed E-state index contributed by atoms with van der Waals surface area (Å²) >= 11 is 0. The molecule has 2 fully saturated rings. The third-order valence-electron chi connectivity index (χ3n) is 5.60. The fourth-order valence-electron chi connectivity index (χ4n) is 4.22. The monoisotopic (exact) mass is 340 g/mol. The van der Waals surface area contributed by atoms with Crippen molar-refractivity contribution < 1.29 is 4.74 Å². The van der Waals surface area contributed by atoms with Crippen molar-refractivity contribution in [1.82, 2.24) is 15.0 Å². The summed E-state index contributed by atoms with van der Waals surface area (Å²) in [4.78, 5) is 23.5. The maximum Gasteiger partial charge on any atom is 0.251 e. The predicted molar refractivity (Wildman–Crippen MR) is 96.5 cm³/mol. The van der Waals surface area contributed by atoms with E-state index in [0.29, 0.717) is 23.9 Å². The molecule has 3 heterocycles. The lowest BCUT2D eigenvalue weighted by atomic mass is 9.57. The highest BCUT2D eigenvalue weighted by atomic mass is 16.5. The molecule has 0 spiro atoms. The third kappa shape index (κ3) is 2.74. The fourth-order valence-corrected chi connectivity index (χ4v) is 4.22. The van der Waals surface area contributed by atoms with Crippen LogP contribution in [0.3, 0.4) is 0 Å². The van der Waals surface area contributed by atoms with Gasteiger partial charge in [-0.2, -0.15) is 0 Å². The molecule has 1 aliphatic heterocycles. The molecule has 1 saturated heterocycles. The summed E-state index contributed by atoms with van der Waals surface area (Å²) in [6.45, 7) is 7.33. The molecule has 25 heavy (non-hydrogen) atoms. The van der Waals surface area contributed by atoms with E-state index in [1.165, 1.54) is 6.07 Å². The molecule has 2 N–H and O–H groups in total. The van der Waals surface area contributed by atoms with Gasteiger partial charge in [-0.05, 0) is 25.0 Å². The second-order valence-corrected chi connectivity index (χ2v) is 7.56. The van der Waals surface area contributed by atoms with Gasteiger partial charge in [-0.25, -0.2) is 9.97 Å². The number of nitrogens with zero attached hydrogens (tertiary/aromatic N) is 2. The van der Waals surface area contributed by atoms with Crippen LogP contribution in [0.25, 0.3) is 11.4 Å². The molecule has 6 nitrogen and oxygen atoms in total. The first-order valence-electron chi connectivity index (χ1n) is 8.94. The standard InChI is InChI=1S/C19H24N4O2/c1-4-12-9-15(24)23-18(21-12)11-5-6-14(20-10-11)22-16-13-7-8-25-17(13)19(16,2)3/h5-6,9-10,13,16-17H,4,7-8H2,1-3H3,(H,20,22)(H,21,23,24)/t13-,16+,17+/m0/s1. The highest BCUT2D eigenvalue weighted by molar-refractivity contribution is 5.56. The van der Waals surface area contributed by atoms with Gasteiger partial charge in [0, 0.05) is 47.5 Å². The molecule has 3 atom stereocenters. The van der Waals surface area contributed by atoms with E-state index in [-0.39, 0.29) is 11.0 Å². The van der Waals surface area contributed by atoms with Crippen LogP contribution in [0.4, 0.5) is 5.82 Å². The van der Waals surface area contributed by atoms with Crippen LogP contribution in [0.1, 0.15) is 32.9 Å². The topological polar surface area (TPSA) is 79.9 Å². The Kier molecular flexibility index (Phi) is 3.87. The highest BCUT2D eigenvalue weighted by Crippen LogP contribution is 2.53. The van der Waals surface area contributed by atoms with Gasteiger partial charge in [-0.1, -0.05) is 20.8 Å². The first kappa shape index (κ1) is 16.3. The van der Waals surface area contributed by atoms with E-state index in [2.05, 4.69) is 34.1 Å². The van der Waals surface area contributed by atoms with Gasteiger partial charge in [0.25, 0.3) is 5.56 Å². The summed E-state index contributed by atoms with van der Waals surface area (Å²) in [5, 5.41) is 3.57. The number of ether oxygens (including phenoxy) is 1. The van der Waals surface area contributed by atoms with E-state index in [0.717, 1.165) is 36.5 Å². The highest BCUT2D eigenvalue weighted by Gasteiger charge is 2.59.